The maximum atomic E-state index is 13.8. The molecular formula is C16H21FN2OS. The van der Waals surface area contributed by atoms with Gasteiger partial charge < -0.3 is 15.8 Å². The minimum absolute atomic E-state index is 0.164. The van der Waals surface area contributed by atoms with E-state index in [1.165, 1.54) is 10.9 Å². The molecule has 2 aromatic rings. The molecule has 21 heavy (non-hydrogen) atoms. The molecule has 1 aromatic carbocycles. The van der Waals surface area contributed by atoms with E-state index in [1.807, 2.05) is 18.4 Å². The van der Waals surface area contributed by atoms with Crippen molar-refractivity contribution in [3.05, 3.63) is 40.3 Å². The first-order valence-corrected chi connectivity index (χ1v) is 8.05. The van der Waals surface area contributed by atoms with Crippen molar-refractivity contribution in [2.75, 3.05) is 17.7 Å². The highest BCUT2D eigenvalue weighted by atomic mass is 32.1. The van der Waals surface area contributed by atoms with E-state index in [0.717, 1.165) is 12.8 Å². The third kappa shape index (κ3) is 3.88. The molecule has 0 aliphatic heterocycles. The highest BCUT2D eigenvalue weighted by Gasteiger charge is 2.14. The molecule has 114 valence electrons. The number of ether oxygens (including phenoxy) is 1. The molecule has 0 bridgehead atoms. The fourth-order valence-electron chi connectivity index (χ4n) is 2.07. The molecule has 5 heteroatoms. The first-order valence-electron chi connectivity index (χ1n) is 7.17. The lowest BCUT2D eigenvalue weighted by Gasteiger charge is -2.19. The van der Waals surface area contributed by atoms with E-state index in [4.69, 9.17) is 10.5 Å². The number of halogens is 1. The first-order chi connectivity index (χ1) is 10.2. The molecule has 1 unspecified atom stereocenters. The number of hydrogen-bond acceptors (Lipinski definition) is 4. The number of nitrogen functional groups attached to an aromatic ring is 1. The van der Waals surface area contributed by atoms with Crippen molar-refractivity contribution < 1.29 is 9.13 Å². The molecule has 0 saturated carbocycles. The average molecular weight is 308 g/mol. The van der Waals surface area contributed by atoms with Crippen LogP contribution in [0.25, 0.3) is 0 Å². The molecule has 0 amide bonds. The zero-order valence-corrected chi connectivity index (χ0v) is 13.2. The number of rotatable bonds is 7. The van der Waals surface area contributed by atoms with Crippen molar-refractivity contribution in [3.63, 3.8) is 0 Å². The van der Waals surface area contributed by atoms with E-state index < -0.39 is 5.82 Å². The van der Waals surface area contributed by atoms with Gasteiger partial charge in [-0.3, -0.25) is 0 Å². The molecular weight excluding hydrogens is 287 g/mol. The van der Waals surface area contributed by atoms with Gasteiger partial charge in [0.15, 0.2) is 11.6 Å². The number of thiophene rings is 1. The summed E-state index contributed by atoms with van der Waals surface area (Å²) in [5, 5.41) is 5.43. The van der Waals surface area contributed by atoms with Crippen molar-refractivity contribution in [1.29, 1.82) is 0 Å². The van der Waals surface area contributed by atoms with Crippen LogP contribution in [0.3, 0.4) is 0 Å². The first kappa shape index (κ1) is 15.6. The summed E-state index contributed by atoms with van der Waals surface area (Å²) in [5.41, 5.74) is 7.03. The quantitative estimate of drug-likeness (QED) is 0.721. The van der Waals surface area contributed by atoms with E-state index in [2.05, 4.69) is 18.3 Å². The Morgan fingerprint density at radius 2 is 2.19 bits per heavy atom. The van der Waals surface area contributed by atoms with Crippen LogP contribution in [-0.4, -0.2) is 6.61 Å². The number of benzene rings is 1. The Bertz CT molecular complexity index is 572. The Morgan fingerprint density at radius 1 is 1.38 bits per heavy atom. The van der Waals surface area contributed by atoms with Crippen LogP contribution in [0.1, 0.15) is 37.6 Å². The summed E-state index contributed by atoms with van der Waals surface area (Å²) in [6, 6.07) is 7.23. The van der Waals surface area contributed by atoms with Crippen molar-refractivity contribution >= 4 is 22.7 Å². The third-order valence-corrected chi connectivity index (χ3v) is 4.18. The SMILES string of the molecule is CCCOc1cc(NC(CC)c2cccs2)c(N)cc1F. The Labute approximate surface area is 128 Å². The largest absolute Gasteiger partial charge is 0.490 e. The highest BCUT2D eigenvalue weighted by Crippen LogP contribution is 2.33. The third-order valence-electron chi connectivity index (χ3n) is 3.19. The molecule has 0 aliphatic rings. The van der Waals surface area contributed by atoms with Crippen molar-refractivity contribution in [1.82, 2.24) is 0 Å². The van der Waals surface area contributed by atoms with Crippen LogP contribution in [0.4, 0.5) is 15.8 Å². The van der Waals surface area contributed by atoms with Crippen LogP contribution in [0.5, 0.6) is 5.75 Å². The fraction of sp³-hybridized carbons (Fsp3) is 0.375. The predicted octanol–water partition coefficient (Wildman–Crippen LogP) is 4.82. The molecule has 0 radical (unpaired) electrons. The van der Waals surface area contributed by atoms with E-state index >= 15 is 0 Å². The van der Waals surface area contributed by atoms with Gasteiger partial charge in [-0.05, 0) is 24.3 Å². The number of hydrogen-bond donors (Lipinski definition) is 2. The summed E-state index contributed by atoms with van der Waals surface area (Å²) in [5.74, 6) is -0.176. The smallest absolute Gasteiger partial charge is 0.167 e. The molecule has 0 spiro atoms. The molecule has 0 aliphatic carbocycles. The molecule has 1 aromatic heterocycles. The summed E-state index contributed by atoms with van der Waals surface area (Å²) in [7, 11) is 0. The summed E-state index contributed by atoms with van der Waals surface area (Å²) in [4.78, 5) is 1.23. The zero-order valence-electron chi connectivity index (χ0n) is 12.4. The van der Waals surface area contributed by atoms with Gasteiger partial charge >= 0.3 is 0 Å². The standard InChI is InChI=1S/C16H21FN2OS/c1-3-7-20-15-10-14(12(18)9-11(15)17)19-13(4-2)16-6-5-8-21-16/h5-6,8-10,13,19H,3-4,7,18H2,1-2H3. The van der Waals surface area contributed by atoms with Gasteiger partial charge in [0.05, 0.1) is 24.0 Å². The second-order valence-corrected chi connectivity index (χ2v) is 5.82. The molecule has 0 fully saturated rings. The maximum absolute atomic E-state index is 13.8. The van der Waals surface area contributed by atoms with Crippen LogP contribution in [0.15, 0.2) is 29.6 Å². The fourth-order valence-corrected chi connectivity index (χ4v) is 2.93. The van der Waals surface area contributed by atoms with E-state index in [1.54, 1.807) is 17.4 Å². The number of nitrogens with one attached hydrogen (secondary N) is 1. The molecule has 1 heterocycles. The van der Waals surface area contributed by atoms with Gasteiger partial charge in [-0.2, -0.15) is 0 Å². The van der Waals surface area contributed by atoms with Crippen LogP contribution in [-0.2, 0) is 0 Å². The van der Waals surface area contributed by atoms with Crippen LogP contribution in [0, 0.1) is 5.82 Å². The molecule has 1 atom stereocenters. The van der Waals surface area contributed by atoms with Gasteiger partial charge in [-0.25, -0.2) is 4.39 Å². The molecule has 3 nitrogen and oxygen atoms in total. The van der Waals surface area contributed by atoms with Crippen LogP contribution < -0.4 is 15.8 Å². The highest BCUT2D eigenvalue weighted by molar-refractivity contribution is 7.10. The Kier molecular flexibility index (Phi) is 5.44. The number of anilines is 2. The van der Waals surface area contributed by atoms with Crippen molar-refractivity contribution in [2.45, 2.75) is 32.7 Å². The van der Waals surface area contributed by atoms with Crippen molar-refractivity contribution in [2.24, 2.45) is 0 Å². The predicted molar refractivity (Wildman–Crippen MR) is 87.6 cm³/mol. The molecule has 0 saturated heterocycles. The Hall–Kier alpha value is -1.75. The minimum Gasteiger partial charge on any atom is -0.490 e. The van der Waals surface area contributed by atoms with E-state index in [-0.39, 0.29) is 11.8 Å². The second-order valence-electron chi connectivity index (χ2n) is 4.84. The van der Waals surface area contributed by atoms with Gasteiger partial charge in [-0.1, -0.05) is 19.9 Å². The summed E-state index contributed by atoms with van der Waals surface area (Å²) in [6.07, 6.45) is 1.75. The van der Waals surface area contributed by atoms with Gasteiger partial charge in [0, 0.05) is 17.0 Å². The Morgan fingerprint density at radius 3 is 2.81 bits per heavy atom. The van der Waals surface area contributed by atoms with Gasteiger partial charge in [0.1, 0.15) is 0 Å². The van der Waals surface area contributed by atoms with Gasteiger partial charge in [0.25, 0.3) is 0 Å². The van der Waals surface area contributed by atoms with Gasteiger partial charge in [-0.15, -0.1) is 11.3 Å². The average Bonchev–Trinajstić information content (AvgIpc) is 2.99. The lowest BCUT2D eigenvalue weighted by molar-refractivity contribution is 0.301. The normalized spacial score (nSPS) is 12.1. The summed E-state index contributed by atoms with van der Waals surface area (Å²) < 4.78 is 19.2. The monoisotopic (exact) mass is 308 g/mol. The number of nitrogens with two attached hydrogens (primary N) is 1. The maximum Gasteiger partial charge on any atom is 0.167 e. The van der Waals surface area contributed by atoms with Crippen LogP contribution >= 0.6 is 11.3 Å². The van der Waals surface area contributed by atoms with Crippen LogP contribution in [0.2, 0.25) is 0 Å². The topological polar surface area (TPSA) is 47.3 Å². The lowest BCUT2D eigenvalue weighted by atomic mass is 10.1. The molecule has 3 N–H and O–H groups in total. The van der Waals surface area contributed by atoms with Gasteiger partial charge in [0.2, 0.25) is 0 Å². The van der Waals surface area contributed by atoms with E-state index in [9.17, 15) is 4.39 Å². The zero-order chi connectivity index (χ0) is 15.2. The Balaban J connectivity index is 2.22. The summed E-state index contributed by atoms with van der Waals surface area (Å²) in [6.45, 7) is 4.58. The minimum atomic E-state index is -0.421. The summed E-state index contributed by atoms with van der Waals surface area (Å²) >= 11 is 1.69. The second kappa shape index (κ2) is 7.31. The molecule has 2 rings (SSSR count). The van der Waals surface area contributed by atoms with E-state index in [0.29, 0.717) is 18.0 Å². The van der Waals surface area contributed by atoms with Crippen molar-refractivity contribution in [3.8, 4) is 5.75 Å². The lowest BCUT2D eigenvalue weighted by Crippen LogP contribution is -2.10.